The molecule has 0 unspecified atom stereocenters. The number of carbonyl (C=O) groups is 1. The fourth-order valence-electron chi connectivity index (χ4n) is 6.62. The quantitative estimate of drug-likeness (QED) is 0.781. The van der Waals surface area contributed by atoms with Crippen LogP contribution >= 0.6 is 0 Å². The molecule has 120 valence electrons. The van der Waals surface area contributed by atoms with Gasteiger partial charge in [-0.25, -0.2) is 0 Å². The molecule has 22 heavy (non-hydrogen) atoms. The number of hydrogen-bond donors (Lipinski definition) is 1. The maximum absolute atomic E-state index is 11.7. The number of carbonyl (C=O) groups excluding carboxylic acids is 1. The lowest BCUT2D eigenvalue weighted by Crippen LogP contribution is -2.48. The number of ketones is 1. The number of fused-ring (bicyclic) bond motifs is 5. The standard InChI is InChI=1S/C20H28O2/c1-2-10-20-11-9-16-15-6-4-14(21)12-13(15)3-5-17(16)18(20)7-8-19(20)22/h2,12,15-19,22H,1,3-11H2/t15-,16+,17+,18-,19-,20-/m0/s1. The predicted molar refractivity (Wildman–Crippen MR) is 87.2 cm³/mol. The van der Waals surface area contributed by atoms with Gasteiger partial charge in [-0.2, -0.15) is 0 Å². The third-order valence-electron chi connectivity index (χ3n) is 7.50. The maximum Gasteiger partial charge on any atom is 0.155 e. The summed E-state index contributed by atoms with van der Waals surface area (Å²) in [7, 11) is 0. The average molecular weight is 300 g/mol. The first-order valence-corrected chi connectivity index (χ1v) is 9.18. The zero-order valence-corrected chi connectivity index (χ0v) is 13.5. The van der Waals surface area contributed by atoms with Gasteiger partial charge in [0.15, 0.2) is 5.78 Å². The van der Waals surface area contributed by atoms with Crippen molar-refractivity contribution in [3.8, 4) is 0 Å². The van der Waals surface area contributed by atoms with Crippen LogP contribution in [0.3, 0.4) is 0 Å². The Bertz CT molecular complexity index is 520. The van der Waals surface area contributed by atoms with Crippen molar-refractivity contribution in [2.75, 3.05) is 0 Å². The Morgan fingerprint density at radius 1 is 1.18 bits per heavy atom. The molecule has 1 N–H and O–H groups in total. The first-order valence-electron chi connectivity index (χ1n) is 9.18. The van der Waals surface area contributed by atoms with E-state index in [4.69, 9.17) is 0 Å². The fourth-order valence-corrected chi connectivity index (χ4v) is 6.62. The molecule has 0 heterocycles. The highest BCUT2D eigenvalue weighted by molar-refractivity contribution is 5.91. The topological polar surface area (TPSA) is 37.3 Å². The lowest BCUT2D eigenvalue weighted by atomic mass is 9.51. The Kier molecular flexibility index (Phi) is 3.56. The van der Waals surface area contributed by atoms with Gasteiger partial charge in [-0.15, -0.1) is 6.58 Å². The summed E-state index contributed by atoms with van der Waals surface area (Å²) in [6, 6.07) is 0. The van der Waals surface area contributed by atoms with Crippen LogP contribution in [0, 0.1) is 29.1 Å². The molecule has 3 saturated carbocycles. The van der Waals surface area contributed by atoms with E-state index in [2.05, 4.69) is 6.58 Å². The largest absolute Gasteiger partial charge is 0.393 e. The Morgan fingerprint density at radius 3 is 2.86 bits per heavy atom. The van der Waals surface area contributed by atoms with Crippen molar-refractivity contribution in [3.63, 3.8) is 0 Å². The monoisotopic (exact) mass is 300 g/mol. The summed E-state index contributed by atoms with van der Waals surface area (Å²) in [5, 5.41) is 10.7. The second kappa shape index (κ2) is 5.33. The molecule has 3 fully saturated rings. The van der Waals surface area contributed by atoms with E-state index in [1.165, 1.54) is 24.8 Å². The average Bonchev–Trinajstić information content (AvgIpc) is 2.84. The number of hydrogen-bond acceptors (Lipinski definition) is 2. The summed E-state index contributed by atoms with van der Waals surface area (Å²) in [4.78, 5) is 11.7. The van der Waals surface area contributed by atoms with E-state index >= 15 is 0 Å². The van der Waals surface area contributed by atoms with Crippen molar-refractivity contribution in [1.82, 2.24) is 0 Å². The minimum atomic E-state index is -0.124. The third-order valence-corrected chi connectivity index (χ3v) is 7.50. The van der Waals surface area contributed by atoms with Gasteiger partial charge in [0, 0.05) is 11.8 Å². The highest BCUT2D eigenvalue weighted by Gasteiger charge is 2.57. The lowest BCUT2D eigenvalue weighted by molar-refractivity contribution is -0.116. The molecular weight excluding hydrogens is 272 g/mol. The van der Waals surface area contributed by atoms with Gasteiger partial charge in [-0.3, -0.25) is 4.79 Å². The number of allylic oxidation sites excluding steroid dienone is 2. The summed E-state index contributed by atoms with van der Waals surface area (Å²) in [5.41, 5.74) is 1.57. The van der Waals surface area contributed by atoms with E-state index in [0.717, 1.165) is 50.4 Å². The highest BCUT2D eigenvalue weighted by atomic mass is 16.3. The molecule has 2 nitrogen and oxygen atoms in total. The van der Waals surface area contributed by atoms with E-state index in [-0.39, 0.29) is 11.5 Å². The van der Waals surface area contributed by atoms with Crippen molar-refractivity contribution in [1.29, 1.82) is 0 Å². The van der Waals surface area contributed by atoms with Crippen LogP contribution in [0.15, 0.2) is 24.3 Å². The molecule has 0 saturated heterocycles. The molecule has 0 amide bonds. The van der Waals surface area contributed by atoms with E-state index < -0.39 is 0 Å². The number of aliphatic hydroxyl groups excluding tert-OH is 1. The second-order valence-corrected chi connectivity index (χ2v) is 8.16. The van der Waals surface area contributed by atoms with Crippen LogP contribution in [0.5, 0.6) is 0 Å². The Labute approximate surface area is 133 Å². The minimum absolute atomic E-state index is 0.120. The minimum Gasteiger partial charge on any atom is -0.393 e. The van der Waals surface area contributed by atoms with Crippen molar-refractivity contribution >= 4 is 5.78 Å². The molecule has 4 rings (SSSR count). The highest BCUT2D eigenvalue weighted by Crippen LogP contribution is 2.63. The van der Waals surface area contributed by atoms with E-state index in [1.807, 2.05) is 12.2 Å². The molecule has 0 aliphatic heterocycles. The van der Waals surface area contributed by atoms with E-state index in [9.17, 15) is 9.90 Å². The van der Waals surface area contributed by atoms with Crippen LogP contribution in [0.25, 0.3) is 0 Å². The van der Waals surface area contributed by atoms with Gasteiger partial charge in [-0.1, -0.05) is 11.6 Å². The maximum atomic E-state index is 11.7. The first kappa shape index (κ1) is 14.7. The molecule has 4 aliphatic rings. The van der Waals surface area contributed by atoms with Gasteiger partial charge in [0.1, 0.15) is 0 Å². The molecule has 0 aromatic rings. The van der Waals surface area contributed by atoms with Crippen molar-refractivity contribution < 1.29 is 9.90 Å². The Morgan fingerprint density at radius 2 is 2.05 bits per heavy atom. The molecule has 2 heteroatoms. The second-order valence-electron chi connectivity index (χ2n) is 8.16. The summed E-state index contributed by atoms with van der Waals surface area (Å²) in [5.74, 6) is 3.22. The zero-order valence-electron chi connectivity index (χ0n) is 13.5. The van der Waals surface area contributed by atoms with Crippen LogP contribution in [0.2, 0.25) is 0 Å². The Hall–Kier alpha value is -0.890. The molecule has 0 aromatic carbocycles. The van der Waals surface area contributed by atoms with Crippen LogP contribution < -0.4 is 0 Å². The van der Waals surface area contributed by atoms with Crippen molar-refractivity contribution in [2.24, 2.45) is 29.1 Å². The molecule has 4 aliphatic carbocycles. The van der Waals surface area contributed by atoms with Crippen LogP contribution in [0.4, 0.5) is 0 Å². The van der Waals surface area contributed by atoms with Gasteiger partial charge in [0.25, 0.3) is 0 Å². The molecular formula is C20H28O2. The van der Waals surface area contributed by atoms with Gasteiger partial charge in [0.05, 0.1) is 6.10 Å². The Balaban J connectivity index is 1.63. The van der Waals surface area contributed by atoms with Gasteiger partial charge in [0.2, 0.25) is 0 Å². The molecule has 0 aromatic heterocycles. The summed E-state index contributed by atoms with van der Waals surface area (Å²) < 4.78 is 0. The normalized spacial score (nSPS) is 47.2. The molecule has 0 radical (unpaired) electrons. The van der Waals surface area contributed by atoms with Gasteiger partial charge >= 0.3 is 0 Å². The summed E-state index contributed by atoms with van der Waals surface area (Å²) in [6.07, 6.45) is 13.6. The summed E-state index contributed by atoms with van der Waals surface area (Å²) in [6.45, 7) is 3.96. The molecule has 0 bridgehead atoms. The van der Waals surface area contributed by atoms with Gasteiger partial charge < -0.3 is 5.11 Å². The van der Waals surface area contributed by atoms with Crippen LogP contribution in [-0.2, 0) is 4.79 Å². The SMILES string of the molecule is C=CC[C@]12CC[C@H]3[C@@H](CCC4=CC(=O)CC[C@@H]43)[C@@H]1CC[C@@H]2O. The zero-order chi connectivity index (χ0) is 15.3. The van der Waals surface area contributed by atoms with Gasteiger partial charge in [-0.05, 0) is 81.1 Å². The van der Waals surface area contributed by atoms with Crippen molar-refractivity contribution in [2.45, 2.75) is 63.9 Å². The molecule has 0 spiro atoms. The lowest BCUT2D eigenvalue weighted by Gasteiger charge is -2.54. The number of rotatable bonds is 2. The van der Waals surface area contributed by atoms with E-state index in [1.54, 1.807) is 0 Å². The first-order chi connectivity index (χ1) is 10.7. The molecule has 6 atom stereocenters. The van der Waals surface area contributed by atoms with Crippen LogP contribution in [0.1, 0.15) is 57.8 Å². The van der Waals surface area contributed by atoms with Crippen LogP contribution in [-0.4, -0.2) is 17.0 Å². The fraction of sp³-hybridized carbons (Fsp3) is 0.750. The van der Waals surface area contributed by atoms with E-state index in [0.29, 0.717) is 17.6 Å². The summed E-state index contributed by atoms with van der Waals surface area (Å²) >= 11 is 0. The van der Waals surface area contributed by atoms with Crippen molar-refractivity contribution in [3.05, 3.63) is 24.3 Å². The smallest absolute Gasteiger partial charge is 0.155 e. The predicted octanol–water partition coefficient (Wildman–Crippen LogP) is 4.05. The number of aliphatic hydroxyl groups is 1. The third kappa shape index (κ3) is 1.99.